The fourth-order valence-corrected chi connectivity index (χ4v) is 3.20. The van der Waals surface area contributed by atoms with Crippen molar-refractivity contribution in [3.05, 3.63) is 63.4 Å². The van der Waals surface area contributed by atoms with Crippen LogP contribution in [-0.4, -0.2) is 15.8 Å². The lowest BCUT2D eigenvalue weighted by atomic mass is 10.00. The Morgan fingerprint density at radius 2 is 1.86 bits per heavy atom. The molecule has 2 aromatic rings. The number of fused-ring (bicyclic) bond motifs is 1. The Kier molecular flexibility index (Phi) is 4.11. The highest BCUT2D eigenvalue weighted by Gasteiger charge is 2.39. The molecule has 3 rings (SSSR count). The molecule has 0 aliphatic carbocycles. The maximum absolute atomic E-state index is 12.7. The molecule has 0 bridgehead atoms. The lowest BCUT2D eigenvalue weighted by Gasteiger charge is -2.27. The summed E-state index contributed by atoms with van der Waals surface area (Å²) in [5.41, 5.74) is 2.47. The molecule has 1 aromatic heterocycles. The van der Waals surface area contributed by atoms with Gasteiger partial charge in [0.25, 0.3) is 5.91 Å². The Labute approximate surface area is 139 Å². The standard InChI is InChI=1S/C17H16Cl2N2O/c1-10(2)16-15-14(7-13(19)8-20-15)17(22)21(16)9-11-3-5-12(18)6-4-11/h3-8,10,16H,9H2,1-2H3/t16-/m0/s1. The summed E-state index contributed by atoms with van der Waals surface area (Å²) in [6.07, 6.45) is 1.61. The molecule has 1 aliphatic heterocycles. The van der Waals surface area contributed by atoms with Gasteiger partial charge in [-0.05, 0) is 29.7 Å². The average molecular weight is 335 g/mol. The van der Waals surface area contributed by atoms with Gasteiger partial charge in [-0.1, -0.05) is 49.2 Å². The third-order valence-electron chi connectivity index (χ3n) is 3.89. The summed E-state index contributed by atoms with van der Waals surface area (Å²) in [6, 6.07) is 9.24. The summed E-state index contributed by atoms with van der Waals surface area (Å²) in [5, 5.41) is 1.18. The molecule has 3 nitrogen and oxygen atoms in total. The molecule has 5 heteroatoms. The van der Waals surface area contributed by atoms with E-state index >= 15 is 0 Å². The number of carbonyl (C=O) groups is 1. The van der Waals surface area contributed by atoms with Crippen LogP contribution in [0.25, 0.3) is 0 Å². The van der Waals surface area contributed by atoms with Crippen LogP contribution in [0.3, 0.4) is 0 Å². The van der Waals surface area contributed by atoms with Crippen molar-refractivity contribution in [2.45, 2.75) is 26.4 Å². The van der Waals surface area contributed by atoms with Crippen LogP contribution in [0, 0.1) is 5.92 Å². The molecule has 0 spiro atoms. The Morgan fingerprint density at radius 3 is 2.50 bits per heavy atom. The highest BCUT2D eigenvalue weighted by atomic mass is 35.5. The van der Waals surface area contributed by atoms with E-state index in [0.717, 1.165) is 11.3 Å². The molecule has 1 atom stereocenters. The second-order valence-corrected chi connectivity index (χ2v) is 6.71. The summed E-state index contributed by atoms with van der Waals surface area (Å²) in [6.45, 7) is 4.73. The van der Waals surface area contributed by atoms with Gasteiger partial charge in [-0.25, -0.2) is 0 Å². The summed E-state index contributed by atoms with van der Waals surface area (Å²) in [7, 11) is 0. The van der Waals surface area contributed by atoms with E-state index in [1.807, 2.05) is 29.2 Å². The largest absolute Gasteiger partial charge is 0.325 e. The monoisotopic (exact) mass is 334 g/mol. The van der Waals surface area contributed by atoms with Crippen LogP contribution >= 0.6 is 23.2 Å². The molecular formula is C17H16Cl2N2O. The number of nitrogens with zero attached hydrogens (tertiary/aromatic N) is 2. The minimum atomic E-state index is -0.0320. The molecule has 0 radical (unpaired) electrons. The second kappa shape index (κ2) is 5.90. The van der Waals surface area contributed by atoms with Gasteiger partial charge in [0.15, 0.2) is 0 Å². The van der Waals surface area contributed by atoms with Crippen molar-refractivity contribution in [2.75, 3.05) is 0 Å². The van der Waals surface area contributed by atoms with Crippen LogP contribution in [-0.2, 0) is 6.54 Å². The molecule has 1 amide bonds. The first-order valence-corrected chi connectivity index (χ1v) is 7.94. The summed E-state index contributed by atoms with van der Waals surface area (Å²) >= 11 is 11.9. The molecule has 22 heavy (non-hydrogen) atoms. The lowest BCUT2D eigenvalue weighted by Crippen LogP contribution is -2.30. The highest BCUT2D eigenvalue weighted by Crippen LogP contribution is 2.39. The number of hydrogen-bond acceptors (Lipinski definition) is 2. The van der Waals surface area contributed by atoms with Crippen LogP contribution in [0.15, 0.2) is 36.5 Å². The normalized spacial score (nSPS) is 17.2. The fourth-order valence-electron chi connectivity index (χ4n) is 2.92. The Balaban J connectivity index is 1.97. The van der Waals surface area contributed by atoms with Gasteiger partial charge in [0.2, 0.25) is 0 Å². The van der Waals surface area contributed by atoms with Gasteiger partial charge in [-0.15, -0.1) is 0 Å². The van der Waals surface area contributed by atoms with E-state index in [1.54, 1.807) is 12.3 Å². The van der Waals surface area contributed by atoms with Gasteiger partial charge in [-0.3, -0.25) is 9.78 Å². The number of hydrogen-bond donors (Lipinski definition) is 0. The van der Waals surface area contributed by atoms with E-state index in [1.165, 1.54) is 0 Å². The minimum absolute atomic E-state index is 0.0151. The zero-order chi connectivity index (χ0) is 15.9. The number of pyridine rings is 1. The van der Waals surface area contributed by atoms with Gasteiger partial charge >= 0.3 is 0 Å². The molecule has 114 valence electrons. The third kappa shape index (κ3) is 2.71. The molecular weight excluding hydrogens is 319 g/mol. The van der Waals surface area contributed by atoms with E-state index in [0.29, 0.717) is 22.2 Å². The van der Waals surface area contributed by atoms with E-state index in [2.05, 4.69) is 18.8 Å². The maximum atomic E-state index is 12.7. The summed E-state index contributed by atoms with van der Waals surface area (Å²) in [4.78, 5) is 19.0. The average Bonchev–Trinajstić information content (AvgIpc) is 2.74. The summed E-state index contributed by atoms with van der Waals surface area (Å²) < 4.78 is 0. The van der Waals surface area contributed by atoms with Crippen LogP contribution < -0.4 is 0 Å². The number of rotatable bonds is 3. The van der Waals surface area contributed by atoms with E-state index in [-0.39, 0.29) is 17.9 Å². The zero-order valence-electron chi connectivity index (χ0n) is 12.4. The fraction of sp³-hybridized carbons (Fsp3) is 0.294. The van der Waals surface area contributed by atoms with Crippen molar-refractivity contribution >= 4 is 29.1 Å². The van der Waals surface area contributed by atoms with E-state index < -0.39 is 0 Å². The van der Waals surface area contributed by atoms with Crippen molar-refractivity contribution in [2.24, 2.45) is 5.92 Å². The molecule has 0 saturated heterocycles. The number of benzene rings is 1. The molecule has 1 aliphatic rings. The van der Waals surface area contributed by atoms with Crippen molar-refractivity contribution in [1.29, 1.82) is 0 Å². The molecule has 1 aromatic carbocycles. The predicted molar refractivity (Wildman–Crippen MR) is 88.2 cm³/mol. The SMILES string of the molecule is CC(C)[C@H]1c2ncc(Cl)cc2C(=O)N1Cc1ccc(Cl)cc1. The summed E-state index contributed by atoms with van der Waals surface area (Å²) in [5.74, 6) is 0.254. The molecule has 2 heterocycles. The zero-order valence-corrected chi connectivity index (χ0v) is 13.9. The van der Waals surface area contributed by atoms with Crippen molar-refractivity contribution in [3.8, 4) is 0 Å². The lowest BCUT2D eigenvalue weighted by molar-refractivity contribution is 0.0662. The number of halogens is 2. The molecule has 0 fully saturated rings. The smallest absolute Gasteiger partial charge is 0.256 e. The van der Waals surface area contributed by atoms with Gasteiger partial charge in [-0.2, -0.15) is 0 Å². The van der Waals surface area contributed by atoms with E-state index in [9.17, 15) is 4.79 Å². The van der Waals surface area contributed by atoms with Gasteiger partial charge < -0.3 is 4.90 Å². The predicted octanol–water partition coefficient (Wildman–Crippen LogP) is 4.74. The van der Waals surface area contributed by atoms with Gasteiger partial charge in [0.1, 0.15) is 0 Å². The topological polar surface area (TPSA) is 33.2 Å². The molecule has 0 saturated carbocycles. The van der Waals surface area contributed by atoms with Gasteiger partial charge in [0.05, 0.1) is 22.3 Å². The number of aromatic nitrogens is 1. The highest BCUT2D eigenvalue weighted by molar-refractivity contribution is 6.31. The van der Waals surface area contributed by atoms with Crippen molar-refractivity contribution < 1.29 is 4.79 Å². The van der Waals surface area contributed by atoms with Crippen LogP contribution in [0.4, 0.5) is 0 Å². The quantitative estimate of drug-likeness (QED) is 0.812. The second-order valence-electron chi connectivity index (χ2n) is 5.83. The number of amides is 1. The van der Waals surface area contributed by atoms with E-state index in [4.69, 9.17) is 23.2 Å². The number of carbonyl (C=O) groups excluding carboxylic acids is 1. The minimum Gasteiger partial charge on any atom is -0.325 e. The van der Waals surface area contributed by atoms with Crippen LogP contribution in [0.2, 0.25) is 10.0 Å². The molecule has 0 unspecified atom stereocenters. The maximum Gasteiger partial charge on any atom is 0.256 e. The third-order valence-corrected chi connectivity index (χ3v) is 4.35. The Morgan fingerprint density at radius 1 is 1.18 bits per heavy atom. The Bertz CT molecular complexity index is 713. The Hall–Kier alpha value is -1.58. The van der Waals surface area contributed by atoms with Crippen molar-refractivity contribution in [1.82, 2.24) is 9.88 Å². The van der Waals surface area contributed by atoms with Gasteiger partial charge in [0, 0.05) is 17.8 Å². The van der Waals surface area contributed by atoms with Crippen LogP contribution in [0.1, 0.15) is 41.5 Å². The first kappa shape index (κ1) is 15.3. The van der Waals surface area contributed by atoms with Crippen LogP contribution in [0.5, 0.6) is 0 Å². The molecule has 0 N–H and O–H groups in total. The first-order valence-electron chi connectivity index (χ1n) is 7.18. The first-order chi connectivity index (χ1) is 10.5. The van der Waals surface area contributed by atoms with Crippen molar-refractivity contribution in [3.63, 3.8) is 0 Å².